The van der Waals surface area contributed by atoms with Crippen molar-refractivity contribution in [1.29, 1.82) is 0 Å². The molecule has 12 heteroatoms. The molecule has 0 unspecified atom stereocenters. The van der Waals surface area contributed by atoms with Gasteiger partial charge in [0.2, 0.25) is 0 Å². The number of rotatable bonds is 5. The summed E-state index contributed by atoms with van der Waals surface area (Å²) in [5.74, 6) is -0.593. The molecule has 0 spiro atoms. The summed E-state index contributed by atoms with van der Waals surface area (Å²) in [5.41, 5.74) is 0.0971. The molecule has 1 atom stereocenters. The average molecular weight is 502 g/mol. The lowest BCUT2D eigenvalue weighted by atomic mass is 10.0. The van der Waals surface area contributed by atoms with Gasteiger partial charge in [-0.05, 0) is 57.5 Å². The molecule has 0 bridgehead atoms. The first-order valence-corrected chi connectivity index (χ1v) is 11.4. The Kier molecular flexibility index (Phi) is 7.69. The molecule has 2 aliphatic rings. The first kappa shape index (κ1) is 25.7. The van der Waals surface area contributed by atoms with Gasteiger partial charge < -0.3 is 19.7 Å². The molecule has 1 aromatic carbocycles. The SMILES string of the molecule is CC(C)(C)OC(=O)N[C@@H]1CCCN(c2c(C=C3SC(=O)NC3=O)cccc2OCC(F)(F)F)C1. The lowest BCUT2D eigenvalue weighted by Gasteiger charge is -2.36. The zero-order valence-electron chi connectivity index (χ0n) is 19.0. The number of nitrogens with one attached hydrogen (secondary N) is 2. The predicted molar refractivity (Wildman–Crippen MR) is 122 cm³/mol. The van der Waals surface area contributed by atoms with Gasteiger partial charge in [0.25, 0.3) is 11.1 Å². The Morgan fingerprint density at radius 1 is 1.29 bits per heavy atom. The number of anilines is 1. The minimum atomic E-state index is -4.54. The molecule has 2 aliphatic heterocycles. The average Bonchev–Trinajstić information content (AvgIpc) is 3.01. The van der Waals surface area contributed by atoms with Crippen molar-refractivity contribution in [2.24, 2.45) is 0 Å². The standard InChI is InChI=1S/C22H26F3N3O5S/c1-21(2,3)33-19(30)26-14-7-5-9-28(11-14)17-13(10-16-18(29)27-20(31)34-16)6-4-8-15(17)32-12-22(23,24)25/h4,6,8,10,14H,5,7,9,11-12H2,1-3H3,(H,26,30)(H,27,29,31)/t14-/m1/s1. The normalized spacial score (nSPS) is 20.4. The fraction of sp³-hybridized carbons (Fsp3) is 0.500. The van der Waals surface area contributed by atoms with E-state index >= 15 is 0 Å². The maximum absolute atomic E-state index is 12.9. The van der Waals surface area contributed by atoms with E-state index in [0.29, 0.717) is 48.9 Å². The van der Waals surface area contributed by atoms with Crippen LogP contribution in [0.3, 0.4) is 0 Å². The second kappa shape index (κ2) is 10.2. The summed E-state index contributed by atoms with van der Waals surface area (Å²) in [6.07, 6.45) is -2.36. The van der Waals surface area contributed by atoms with Gasteiger partial charge in [-0.2, -0.15) is 13.2 Å². The number of ether oxygens (including phenoxy) is 2. The number of hydrogen-bond acceptors (Lipinski definition) is 7. The summed E-state index contributed by atoms with van der Waals surface area (Å²) in [7, 11) is 0. The molecule has 1 aromatic rings. The Morgan fingerprint density at radius 2 is 2.03 bits per heavy atom. The lowest BCUT2D eigenvalue weighted by Crippen LogP contribution is -2.49. The highest BCUT2D eigenvalue weighted by atomic mass is 32.2. The number of hydrogen-bond donors (Lipinski definition) is 2. The number of nitrogens with zero attached hydrogens (tertiary/aromatic N) is 1. The van der Waals surface area contributed by atoms with E-state index in [1.165, 1.54) is 18.2 Å². The minimum Gasteiger partial charge on any atom is -0.482 e. The van der Waals surface area contributed by atoms with Crippen molar-refractivity contribution in [2.45, 2.75) is 51.4 Å². The van der Waals surface area contributed by atoms with E-state index in [1.807, 2.05) is 4.90 Å². The van der Waals surface area contributed by atoms with Crippen LogP contribution in [0.4, 0.5) is 28.4 Å². The van der Waals surface area contributed by atoms with Crippen molar-refractivity contribution < 1.29 is 37.0 Å². The van der Waals surface area contributed by atoms with Crippen LogP contribution < -0.4 is 20.3 Å². The third-order valence-electron chi connectivity index (χ3n) is 4.81. The molecular formula is C22H26F3N3O5S. The van der Waals surface area contributed by atoms with Crippen LogP contribution in [0.2, 0.25) is 0 Å². The van der Waals surface area contributed by atoms with E-state index in [-0.39, 0.29) is 16.7 Å². The van der Waals surface area contributed by atoms with Crippen LogP contribution in [-0.4, -0.2) is 54.8 Å². The smallest absolute Gasteiger partial charge is 0.422 e. The molecule has 0 saturated carbocycles. The zero-order chi connectivity index (χ0) is 25.1. The summed E-state index contributed by atoms with van der Waals surface area (Å²) in [5, 5.41) is 4.43. The molecule has 3 rings (SSSR count). The topological polar surface area (TPSA) is 97.0 Å². The van der Waals surface area contributed by atoms with Crippen molar-refractivity contribution in [2.75, 3.05) is 24.6 Å². The molecule has 0 radical (unpaired) electrons. The number of carbonyl (C=O) groups excluding carboxylic acids is 3. The molecule has 3 amide bonds. The second-order valence-corrected chi connectivity index (χ2v) is 9.90. The highest BCUT2D eigenvalue weighted by molar-refractivity contribution is 8.18. The summed E-state index contributed by atoms with van der Waals surface area (Å²) in [4.78, 5) is 37.7. The maximum atomic E-state index is 12.9. The van der Waals surface area contributed by atoms with E-state index in [1.54, 1.807) is 26.8 Å². The third kappa shape index (κ3) is 7.31. The van der Waals surface area contributed by atoms with Gasteiger partial charge in [0.15, 0.2) is 6.61 Å². The number of amides is 3. The van der Waals surface area contributed by atoms with Crippen LogP contribution in [0.5, 0.6) is 5.75 Å². The van der Waals surface area contributed by atoms with Crippen molar-refractivity contribution in [1.82, 2.24) is 10.6 Å². The van der Waals surface area contributed by atoms with Crippen LogP contribution in [-0.2, 0) is 9.53 Å². The number of imide groups is 1. The van der Waals surface area contributed by atoms with Crippen LogP contribution in [0.1, 0.15) is 39.2 Å². The molecule has 186 valence electrons. The molecule has 2 saturated heterocycles. The van der Waals surface area contributed by atoms with Crippen molar-refractivity contribution >= 4 is 40.8 Å². The highest BCUT2D eigenvalue weighted by Gasteiger charge is 2.32. The number of piperidine rings is 1. The van der Waals surface area contributed by atoms with E-state index in [0.717, 1.165) is 0 Å². The van der Waals surface area contributed by atoms with Gasteiger partial charge in [-0.1, -0.05) is 12.1 Å². The van der Waals surface area contributed by atoms with E-state index < -0.39 is 35.6 Å². The summed E-state index contributed by atoms with van der Waals surface area (Å²) in [6, 6.07) is 4.25. The van der Waals surface area contributed by atoms with Crippen LogP contribution >= 0.6 is 11.8 Å². The second-order valence-electron chi connectivity index (χ2n) is 8.88. The molecule has 2 N–H and O–H groups in total. The maximum Gasteiger partial charge on any atom is 0.422 e. The number of alkyl carbamates (subject to hydrolysis) is 1. The molecule has 0 aliphatic carbocycles. The summed E-state index contributed by atoms with van der Waals surface area (Å²) in [6.45, 7) is 4.54. The molecule has 2 fully saturated rings. The van der Waals surface area contributed by atoms with Crippen LogP contribution in [0.25, 0.3) is 6.08 Å². The van der Waals surface area contributed by atoms with Gasteiger partial charge in [-0.3, -0.25) is 14.9 Å². The van der Waals surface area contributed by atoms with Gasteiger partial charge in [0, 0.05) is 24.7 Å². The molecule has 0 aromatic heterocycles. The molecule has 34 heavy (non-hydrogen) atoms. The first-order valence-electron chi connectivity index (χ1n) is 10.6. The monoisotopic (exact) mass is 501 g/mol. The lowest BCUT2D eigenvalue weighted by molar-refractivity contribution is -0.153. The molecule has 8 nitrogen and oxygen atoms in total. The summed E-state index contributed by atoms with van der Waals surface area (Å²) >= 11 is 0.710. The molecular weight excluding hydrogens is 475 g/mol. The van der Waals surface area contributed by atoms with Gasteiger partial charge in [-0.25, -0.2) is 4.79 Å². The zero-order valence-corrected chi connectivity index (χ0v) is 19.8. The number of alkyl halides is 3. The number of thioether (sulfide) groups is 1. The van der Waals surface area contributed by atoms with Crippen molar-refractivity contribution in [3.05, 3.63) is 28.7 Å². The quantitative estimate of drug-likeness (QED) is 0.576. The number of carbonyl (C=O) groups is 3. The van der Waals surface area contributed by atoms with Gasteiger partial charge >= 0.3 is 12.3 Å². The van der Waals surface area contributed by atoms with E-state index in [2.05, 4.69) is 10.6 Å². The van der Waals surface area contributed by atoms with Gasteiger partial charge in [0.05, 0.1) is 10.6 Å². The fourth-order valence-electron chi connectivity index (χ4n) is 3.60. The number of para-hydroxylation sites is 1. The van der Waals surface area contributed by atoms with Crippen molar-refractivity contribution in [3.63, 3.8) is 0 Å². The largest absolute Gasteiger partial charge is 0.482 e. The van der Waals surface area contributed by atoms with Crippen molar-refractivity contribution in [3.8, 4) is 5.75 Å². The molecule has 2 heterocycles. The Balaban J connectivity index is 1.90. The Labute approximate surface area is 199 Å². The first-order chi connectivity index (χ1) is 15.8. The third-order valence-corrected chi connectivity index (χ3v) is 5.62. The van der Waals surface area contributed by atoms with Crippen LogP contribution in [0.15, 0.2) is 23.1 Å². The minimum absolute atomic E-state index is 0.0145. The Hall–Kier alpha value is -2.89. The Morgan fingerprint density at radius 3 is 2.65 bits per heavy atom. The predicted octanol–water partition coefficient (Wildman–Crippen LogP) is 4.45. The van der Waals surface area contributed by atoms with Gasteiger partial charge in [0.1, 0.15) is 11.4 Å². The van der Waals surface area contributed by atoms with E-state index in [4.69, 9.17) is 9.47 Å². The highest BCUT2D eigenvalue weighted by Crippen LogP contribution is 2.38. The van der Waals surface area contributed by atoms with E-state index in [9.17, 15) is 27.6 Å². The van der Waals surface area contributed by atoms with Gasteiger partial charge in [-0.15, -0.1) is 0 Å². The number of halogens is 3. The fourth-order valence-corrected chi connectivity index (χ4v) is 4.28. The Bertz CT molecular complexity index is 991. The van der Waals surface area contributed by atoms with Crippen LogP contribution in [0, 0.1) is 0 Å². The number of benzene rings is 1. The summed E-state index contributed by atoms with van der Waals surface area (Å²) < 4.78 is 49.0.